The van der Waals surface area contributed by atoms with Crippen LogP contribution < -0.4 is 10.5 Å². The molecule has 4 nitrogen and oxygen atoms in total. The molecule has 0 saturated carbocycles. The van der Waals surface area contributed by atoms with Crippen molar-refractivity contribution in [2.45, 2.75) is 32.3 Å². The van der Waals surface area contributed by atoms with Crippen molar-refractivity contribution >= 4 is 16.6 Å². The molecule has 0 saturated heterocycles. The Hall–Kier alpha value is -3.84. The number of anilines is 1. The van der Waals surface area contributed by atoms with Gasteiger partial charge in [0.15, 0.2) is 0 Å². The molecule has 0 unspecified atom stereocenters. The number of nitriles is 1. The van der Waals surface area contributed by atoms with Gasteiger partial charge in [-0.1, -0.05) is 54.6 Å². The van der Waals surface area contributed by atoms with Crippen molar-refractivity contribution in [1.29, 1.82) is 5.26 Å². The highest BCUT2D eigenvalue weighted by atomic mass is 16.5. The first-order valence-electron chi connectivity index (χ1n) is 10.7. The molecule has 0 spiro atoms. The zero-order valence-corrected chi connectivity index (χ0v) is 17.3. The molecule has 0 amide bonds. The maximum atomic E-state index is 9.72. The Labute approximate surface area is 181 Å². The van der Waals surface area contributed by atoms with Crippen molar-refractivity contribution in [3.05, 3.63) is 89.1 Å². The van der Waals surface area contributed by atoms with E-state index in [0.29, 0.717) is 18.0 Å². The van der Waals surface area contributed by atoms with E-state index >= 15 is 0 Å². The predicted molar refractivity (Wildman–Crippen MR) is 124 cm³/mol. The van der Waals surface area contributed by atoms with Crippen LogP contribution in [0.1, 0.15) is 35.2 Å². The second-order valence-corrected chi connectivity index (χ2v) is 7.94. The van der Waals surface area contributed by atoms with Crippen LogP contribution in [0.15, 0.2) is 66.7 Å². The molecule has 1 aromatic heterocycles. The monoisotopic (exact) mass is 405 g/mol. The van der Waals surface area contributed by atoms with Gasteiger partial charge in [-0.25, -0.2) is 4.98 Å². The van der Waals surface area contributed by atoms with Crippen molar-refractivity contribution in [2.24, 2.45) is 0 Å². The molecule has 3 aromatic carbocycles. The molecule has 152 valence electrons. The first-order valence-corrected chi connectivity index (χ1v) is 10.7. The highest BCUT2D eigenvalue weighted by Gasteiger charge is 2.21. The van der Waals surface area contributed by atoms with Gasteiger partial charge in [0.25, 0.3) is 0 Å². The van der Waals surface area contributed by atoms with Crippen LogP contribution >= 0.6 is 0 Å². The van der Waals surface area contributed by atoms with Gasteiger partial charge in [-0.05, 0) is 65.3 Å². The van der Waals surface area contributed by atoms with E-state index in [1.165, 1.54) is 16.3 Å². The van der Waals surface area contributed by atoms with Crippen LogP contribution in [0.5, 0.6) is 5.75 Å². The van der Waals surface area contributed by atoms with Crippen molar-refractivity contribution in [3.8, 4) is 22.9 Å². The SMILES string of the molecule is N#Cc1c(N)nc2c(c1-c1ccc(OCc3cccc4ccccc34)cc1)CCCC2. The lowest BCUT2D eigenvalue weighted by atomic mass is 9.86. The van der Waals surface area contributed by atoms with Gasteiger partial charge < -0.3 is 10.5 Å². The highest BCUT2D eigenvalue weighted by molar-refractivity contribution is 5.85. The molecule has 0 atom stereocenters. The van der Waals surface area contributed by atoms with Gasteiger partial charge in [0.05, 0.1) is 0 Å². The first-order chi connectivity index (χ1) is 15.2. The van der Waals surface area contributed by atoms with Crippen LogP contribution in [0.25, 0.3) is 21.9 Å². The molecule has 31 heavy (non-hydrogen) atoms. The topological polar surface area (TPSA) is 71.9 Å². The first kappa shape index (κ1) is 19.1. The molecule has 2 N–H and O–H groups in total. The molecular weight excluding hydrogens is 382 g/mol. The Balaban J connectivity index is 1.43. The van der Waals surface area contributed by atoms with Crippen LogP contribution in [0.2, 0.25) is 0 Å². The molecule has 1 aliphatic carbocycles. The summed E-state index contributed by atoms with van der Waals surface area (Å²) in [4.78, 5) is 4.51. The molecule has 4 aromatic rings. The number of hydrogen-bond acceptors (Lipinski definition) is 4. The van der Waals surface area contributed by atoms with Crippen molar-refractivity contribution in [3.63, 3.8) is 0 Å². The third-order valence-electron chi connectivity index (χ3n) is 6.03. The van der Waals surface area contributed by atoms with E-state index in [4.69, 9.17) is 10.5 Å². The van der Waals surface area contributed by atoms with Gasteiger partial charge in [0.1, 0.15) is 29.8 Å². The summed E-state index contributed by atoms with van der Waals surface area (Å²) in [6.07, 6.45) is 4.09. The van der Waals surface area contributed by atoms with E-state index in [0.717, 1.165) is 53.8 Å². The largest absolute Gasteiger partial charge is 0.489 e. The van der Waals surface area contributed by atoms with Gasteiger partial charge in [-0.3, -0.25) is 0 Å². The summed E-state index contributed by atoms with van der Waals surface area (Å²) in [6, 6.07) is 24.8. The molecule has 0 radical (unpaired) electrons. The summed E-state index contributed by atoms with van der Waals surface area (Å²) in [5.74, 6) is 1.13. The summed E-state index contributed by atoms with van der Waals surface area (Å²) in [5.41, 5.74) is 11.9. The number of nitrogens with zero attached hydrogens (tertiary/aromatic N) is 2. The maximum absolute atomic E-state index is 9.72. The Kier molecular flexibility index (Phi) is 5.01. The molecule has 5 rings (SSSR count). The average Bonchev–Trinajstić information content (AvgIpc) is 2.82. The van der Waals surface area contributed by atoms with Gasteiger partial charge in [-0.15, -0.1) is 0 Å². The molecule has 0 aliphatic heterocycles. The van der Waals surface area contributed by atoms with E-state index in [1.54, 1.807) is 0 Å². The maximum Gasteiger partial charge on any atom is 0.142 e. The second kappa shape index (κ2) is 8.12. The van der Waals surface area contributed by atoms with Crippen LogP contribution in [0.4, 0.5) is 5.82 Å². The fraction of sp³-hybridized carbons (Fsp3) is 0.185. The Morgan fingerprint density at radius 3 is 2.55 bits per heavy atom. The summed E-state index contributed by atoms with van der Waals surface area (Å²) in [7, 11) is 0. The number of benzene rings is 3. The average molecular weight is 406 g/mol. The van der Waals surface area contributed by atoms with Gasteiger partial charge in [0.2, 0.25) is 0 Å². The molecule has 4 heteroatoms. The number of ether oxygens (including phenoxy) is 1. The fourth-order valence-electron chi connectivity index (χ4n) is 4.49. The Morgan fingerprint density at radius 2 is 1.71 bits per heavy atom. The highest BCUT2D eigenvalue weighted by Crippen LogP contribution is 2.36. The zero-order valence-electron chi connectivity index (χ0n) is 17.3. The van der Waals surface area contributed by atoms with Crippen molar-refractivity contribution < 1.29 is 4.74 Å². The lowest BCUT2D eigenvalue weighted by Crippen LogP contribution is -2.11. The molecule has 0 fully saturated rings. The van der Waals surface area contributed by atoms with Crippen LogP contribution in [-0.2, 0) is 19.4 Å². The molecule has 1 aliphatic rings. The van der Waals surface area contributed by atoms with E-state index in [-0.39, 0.29) is 0 Å². The van der Waals surface area contributed by atoms with E-state index in [1.807, 2.05) is 30.3 Å². The summed E-state index contributed by atoms with van der Waals surface area (Å²) in [6.45, 7) is 0.502. The Bertz CT molecular complexity index is 1300. The number of aromatic nitrogens is 1. The second-order valence-electron chi connectivity index (χ2n) is 7.94. The summed E-state index contributed by atoms with van der Waals surface area (Å²) in [5, 5.41) is 12.1. The minimum atomic E-state index is 0.328. The minimum absolute atomic E-state index is 0.328. The molecular formula is C27H23N3O. The summed E-state index contributed by atoms with van der Waals surface area (Å²) < 4.78 is 6.08. The number of pyridine rings is 1. The normalized spacial score (nSPS) is 12.9. The predicted octanol–water partition coefficient (Wildman–Crippen LogP) is 5.81. The number of aryl methyl sites for hydroxylation is 1. The van der Waals surface area contributed by atoms with Crippen LogP contribution in [0.3, 0.4) is 0 Å². The number of nitrogens with two attached hydrogens (primary N) is 1. The number of rotatable bonds is 4. The standard InChI is InChI=1S/C27H23N3O/c28-16-24-26(23-10-3-4-11-25(23)30-27(24)29)19-12-14-21(15-13-19)31-17-20-8-5-7-18-6-1-2-9-22(18)20/h1-2,5-9,12-15H,3-4,10-11,17H2,(H2,29,30). The van der Waals surface area contributed by atoms with Gasteiger partial charge in [-0.2, -0.15) is 5.26 Å². The Morgan fingerprint density at radius 1 is 0.935 bits per heavy atom. The fourth-order valence-corrected chi connectivity index (χ4v) is 4.49. The van der Waals surface area contributed by atoms with Crippen molar-refractivity contribution in [2.75, 3.05) is 5.73 Å². The third-order valence-corrected chi connectivity index (χ3v) is 6.03. The smallest absolute Gasteiger partial charge is 0.142 e. The number of hydrogen-bond donors (Lipinski definition) is 1. The molecule has 0 bridgehead atoms. The third kappa shape index (κ3) is 3.60. The minimum Gasteiger partial charge on any atom is -0.489 e. The molecule has 1 heterocycles. The van der Waals surface area contributed by atoms with Gasteiger partial charge >= 0.3 is 0 Å². The number of nitrogen functional groups attached to an aromatic ring is 1. The number of fused-ring (bicyclic) bond motifs is 2. The zero-order chi connectivity index (χ0) is 21.2. The van der Waals surface area contributed by atoms with E-state index in [2.05, 4.69) is 47.5 Å². The van der Waals surface area contributed by atoms with Gasteiger partial charge in [0, 0.05) is 11.3 Å². The van der Waals surface area contributed by atoms with E-state index in [9.17, 15) is 5.26 Å². The lowest BCUT2D eigenvalue weighted by molar-refractivity contribution is 0.308. The van der Waals surface area contributed by atoms with Crippen LogP contribution in [-0.4, -0.2) is 4.98 Å². The van der Waals surface area contributed by atoms with E-state index < -0.39 is 0 Å². The van der Waals surface area contributed by atoms with Crippen LogP contribution in [0, 0.1) is 11.3 Å². The summed E-state index contributed by atoms with van der Waals surface area (Å²) >= 11 is 0. The van der Waals surface area contributed by atoms with Crippen molar-refractivity contribution in [1.82, 2.24) is 4.98 Å². The quantitative estimate of drug-likeness (QED) is 0.465. The lowest BCUT2D eigenvalue weighted by Gasteiger charge is -2.21.